The van der Waals surface area contributed by atoms with E-state index in [1.165, 1.54) is 16.7 Å². The highest BCUT2D eigenvalue weighted by molar-refractivity contribution is 5.94. The third kappa shape index (κ3) is 2.78. The largest absolute Gasteiger partial charge is 0.250 e. The number of rotatable bonds is 2. The van der Waals surface area contributed by atoms with Gasteiger partial charge < -0.3 is 0 Å². The Balaban J connectivity index is 2.06. The Morgan fingerprint density at radius 2 is 1.36 bits per heavy atom. The van der Waals surface area contributed by atoms with Crippen molar-refractivity contribution in [2.45, 2.75) is 20.8 Å². The number of para-hydroxylation sites is 1. The minimum Gasteiger partial charge on any atom is -0.250 e. The lowest BCUT2D eigenvalue weighted by molar-refractivity contribution is 1.14. The molecule has 2 aromatic heterocycles. The average molecular weight is 325 g/mol. The van der Waals surface area contributed by atoms with Crippen LogP contribution < -0.4 is 0 Å². The molecule has 122 valence electrons. The number of nitrogens with zero attached hydrogens (tertiary/aromatic N) is 3. The molecule has 3 nitrogen and oxygen atoms in total. The van der Waals surface area contributed by atoms with Crippen LogP contribution in [0.5, 0.6) is 0 Å². The van der Waals surface area contributed by atoms with E-state index in [0.717, 1.165) is 28.0 Å². The highest BCUT2D eigenvalue weighted by Gasteiger charge is 2.15. The van der Waals surface area contributed by atoms with Gasteiger partial charge in [0.1, 0.15) is 5.69 Å². The second-order valence-corrected chi connectivity index (χ2v) is 6.34. The number of hydrogen-bond donors (Lipinski definition) is 0. The van der Waals surface area contributed by atoms with E-state index in [0.29, 0.717) is 5.82 Å². The van der Waals surface area contributed by atoms with Crippen LogP contribution in [0.2, 0.25) is 0 Å². The molecule has 0 spiro atoms. The van der Waals surface area contributed by atoms with Crippen molar-refractivity contribution in [3.05, 3.63) is 77.5 Å². The second-order valence-electron chi connectivity index (χ2n) is 6.34. The number of benzene rings is 2. The highest BCUT2D eigenvalue weighted by atomic mass is 14.9. The van der Waals surface area contributed by atoms with Crippen LogP contribution in [0.25, 0.3) is 33.7 Å². The van der Waals surface area contributed by atoms with Crippen molar-refractivity contribution in [2.75, 3.05) is 0 Å². The summed E-state index contributed by atoms with van der Waals surface area (Å²) >= 11 is 0. The molecule has 0 aliphatic heterocycles. The molecule has 0 amide bonds. The third-order valence-electron chi connectivity index (χ3n) is 4.44. The Morgan fingerprint density at radius 1 is 0.640 bits per heavy atom. The SMILES string of the molecule is Cc1cccc(-c2nc(-c3c(C)cccc3C)c3ccccc3n2)n1. The van der Waals surface area contributed by atoms with Gasteiger partial charge in [-0.25, -0.2) is 15.0 Å². The van der Waals surface area contributed by atoms with Crippen LogP contribution in [-0.2, 0) is 0 Å². The zero-order valence-electron chi connectivity index (χ0n) is 14.6. The van der Waals surface area contributed by atoms with Crippen LogP contribution in [0.1, 0.15) is 16.8 Å². The summed E-state index contributed by atoms with van der Waals surface area (Å²) in [6, 6.07) is 20.5. The Hall–Kier alpha value is -3.07. The van der Waals surface area contributed by atoms with E-state index in [9.17, 15) is 0 Å². The monoisotopic (exact) mass is 325 g/mol. The fourth-order valence-electron chi connectivity index (χ4n) is 3.24. The molecule has 0 bridgehead atoms. The maximum atomic E-state index is 4.93. The molecular weight excluding hydrogens is 306 g/mol. The molecule has 0 saturated carbocycles. The molecule has 0 unspecified atom stereocenters. The van der Waals surface area contributed by atoms with Gasteiger partial charge in [0, 0.05) is 16.6 Å². The van der Waals surface area contributed by atoms with Gasteiger partial charge in [-0.05, 0) is 50.1 Å². The lowest BCUT2D eigenvalue weighted by Gasteiger charge is -2.13. The van der Waals surface area contributed by atoms with Crippen molar-refractivity contribution >= 4 is 10.9 Å². The van der Waals surface area contributed by atoms with Gasteiger partial charge in [-0.1, -0.05) is 42.5 Å². The van der Waals surface area contributed by atoms with Crippen LogP contribution in [-0.4, -0.2) is 15.0 Å². The molecular formula is C22H19N3. The number of aromatic nitrogens is 3. The van der Waals surface area contributed by atoms with Gasteiger partial charge in [0.15, 0.2) is 5.82 Å². The maximum absolute atomic E-state index is 4.93. The zero-order chi connectivity index (χ0) is 17.4. The van der Waals surface area contributed by atoms with Gasteiger partial charge in [-0.2, -0.15) is 0 Å². The quantitative estimate of drug-likeness (QED) is 0.503. The van der Waals surface area contributed by atoms with E-state index in [-0.39, 0.29) is 0 Å². The molecule has 0 radical (unpaired) electrons. The third-order valence-corrected chi connectivity index (χ3v) is 4.44. The molecule has 0 fully saturated rings. The van der Waals surface area contributed by atoms with Gasteiger partial charge in [0.05, 0.1) is 11.2 Å². The van der Waals surface area contributed by atoms with Crippen molar-refractivity contribution < 1.29 is 0 Å². The van der Waals surface area contributed by atoms with E-state index >= 15 is 0 Å². The summed E-state index contributed by atoms with van der Waals surface area (Å²) in [6.45, 7) is 6.24. The summed E-state index contributed by atoms with van der Waals surface area (Å²) in [5.74, 6) is 0.667. The average Bonchev–Trinajstić information content (AvgIpc) is 2.61. The molecule has 0 N–H and O–H groups in total. The predicted molar refractivity (Wildman–Crippen MR) is 102 cm³/mol. The Kier molecular flexibility index (Phi) is 3.77. The van der Waals surface area contributed by atoms with Gasteiger partial charge in [-0.15, -0.1) is 0 Å². The number of pyridine rings is 1. The first kappa shape index (κ1) is 15.5. The van der Waals surface area contributed by atoms with E-state index in [1.54, 1.807) is 0 Å². The summed E-state index contributed by atoms with van der Waals surface area (Å²) < 4.78 is 0. The van der Waals surface area contributed by atoms with Gasteiger partial charge in [-0.3, -0.25) is 0 Å². The number of hydrogen-bond acceptors (Lipinski definition) is 3. The summed E-state index contributed by atoms with van der Waals surface area (Å²) in [4.78, 5) is 14.3. The molecule has 4 aromatic rings. The fourth-order valence-corrected chi connectivity index (χ4v) is 3.24. The second kappa shape index (κ2) is 6.10. The van der Waals surface area contributed by atoms with Crippen molar-refractivity contribution in [2.24, 2.45) is 0 Å². The summed E-state index contributed by atoms with van der Waals surface area (Å²) in [5, 5.41) is 1.07. The van der Waals surface area contributed by atoms with Crippen LogP contribution in [0.15, 0.2) is 60.7 Å². The zero-order valence-corrected chi connectivity index (χ0v) is 14.6. The van der Waals surface area contributed by atoms with E-state index < -0.39 is 0 Å². The van der Waals surface area contributed by atoms with Crippen molar-refractivity contribution in [3.63, 3.8) is 0 Å². The van der Waals surface area contributed by atoms with E-state index in [2.05, 4.69) is 43.1 Å². The molecule has 25 heavy (non-hydrogen) atoms. The molecule has 4 rings (SSSR count). The minimum absolute atomic E-state index is 0.667. The fraction of sp³-hybridized carbons (Fsp3) is 0.136. The highest BCUT2D eigenvalue weighted by Crippen LogP contribution is 2.32. The maximum Gasteiger partial charge on any atom is 0.179 e. The normalized spacial score (nSPS) is 11.0. The lowest BCUT2D eigenvalue weighted by Crippen LogP contribution is -1.99. The van der Waals surface area contributed by atoms with Gasteiger partial charge in [0.2, 0.25) is 0 Å². The van der Waals surface area contributed by atoms with Crippen LogP contribution in [0.3, 0.4) is 0 Å². The lowest BCUT2D eigenvalue weighted by atomic mass is 9.97. The Bertz CT molecular complexity index is 1060. The van der Waals surface area contributed by atoms with Crippen molar-refractivity contribution in [1.29, 1.82) is 0 Å². The summed E-state index contributed by atoms with van der Waals surface area (Å²) in [6.07, 6.45) is 0. The van der Waals surface area contributed by atoms with E-state index in [4.69, 9.17) is 9.97 Å². The smallest absolute Gasteiger partial charge is 0.179 e. The van der Waals surface area contributed by atoms with Crippen LogP contribution >= 0.6 is 0 Å². The molecule has 2 heterocycles. The molecule has 0 aliphatic rings. The first-order valence-corrected chi connectivity index (χ1v) is 8.41. The Morgan fingerprint density at radius 3 is 2.12 bits per heavy atom. The summed E-state index contributed by atoms with van der Waals surface area (Å²) in [5.41, 5.74) is 7.28. The van der Waals surface area contributed by atoms with E-state index in [1.807, 2.05) is 43.3 Å². The number of fused-ring (bicyclic) bond motifs is 1. The molecule has 0 atom stereocenters. The van der Waals surface area contributed by atoms with Crippen LogP contribution in [0.4, 0.5) is 0 Å². The first-order valence-electron chi connectivity index (χ1n) is 8.41. The van der Waals surface area contributed by atoms with Crippen molar-refractivity contribution in [3.8, 4) is 22.8 Å². The molecule has 0 saturated heterocycles. The summed E-state index contributed by atoms with van der Waals surface area (Å²) in [7, 11) is 0. The van der Waals surface area contributed by atoms with Crippen molar-refractivity contribution in [1.82, 2.24) is 15.0 Å². The number of aryl methyl sites for hydroxylation is 3. The standard InChI is InChI=1S/C22H19N3/c1-14-8-6-9-15(2)20(14)21-17-11-4-5-12-18(17)24-22(25-21)19-13-7-10-16(3)23-19/h4-13H,1-3H3. The topological polar surface area (TPSA) is 38.7 Å². The Labute approximate surface area is 147 Å². The molecule has 3 heteroatoms. The van der Waals surface area contributed by atoms with Gasteiger partial charge >= 0.3 is 0 Å². The minimum atomic E-state index is 0.667. The predicted octanol–water partition coefficient (Wildman–Crippen LogP) is 5.28. The molecule has 2 aromatic carbocycles. The molecule has 0 aliphatic carbocycles. The first-order chi connectivity index (χ1) is 12.1. The van der Waals surface area contributed by atoms with Gasteiger partial charge in [0.25, 0.3) is 0 Å². The van der Waals surface area contributed by atoms with Crippen LogP contribution in [0, 0.1) is 20.8 Å².